The lowest BCUT2D eigenvalue weighted by Gasteiger charge is -2.51. The van der Waals surface area contributed by atoms with Gasteiger partial charge in [-0.1, -0.05) is 11.6 Å². The lowest BCUT2D eigenvalue weighted by Crippen LogP contribution is -2.65. The van der Waals surface area contributed by atoms with E-state index in [1.165, 1.54) is 0 Å². The van der Waals surface area contributed by atoms with E-state index in [1.54, 1.807) is 16.8 Å². The van der Waals surface area contributed by atoms with Crippen molar-refractivity contribution in [2.75, 3.05) is 53.2 Å². The standard InChI is InChI=1S/C23H31ClN10O/c1-23(35)11-33(12-23)15-3-2-6-32(10-15)17-8-13(25)7-16(19(17)24)29-22-30-20(28-14-4-5-14)21-27-9-18(26)34(21)31-22/h7-9,14-15,35H,2-6,10-12,25-26H2,1H3,(H2,28,29,30,31)/t15-/m1/s1. The molecule has 35 heavy (non-hydrogen) atoms. The van der Waals surface area contributed by atoms with Crippen molar-refractivity contribution >= 4 is 51.9 Å². The number of piperidine rings is 1. The number of nitrogens with one attached hydrogen (secondary N) is 2. The summed E-state index contributed by atoms with van der Waals surface area (Å²) in [5, 5.41) is 21.9. The number of anilines is 6. The van der Waals surface area contributed by atoms with Gasteiger partial charge in [0.2, 0.25) is 5.95 Å². The highest BCUT2D eigenvalue weighted by molar-refractivity contribution is 6.36. The minimum absolute atomic E-state index is 0.350. The quantitative estimate of drug-likeness (QED) is 0.321. The minimum atomic E-state index is -0.582. The fourth-order valence-electron chi connectivity index (χ4n) is 5.10. The molecule has 1 saturated carbocycles. The maximum Gasteiger partial charge on any atom is 0.247 e. The molecule has 11 nitrogen and oxygen atoms in total. The van der Waals surface area contributed by atoms with E-state index >= 15 is 0 Å². The first-order valence-electron chi connectivity index (χ1n) is 12.1. The van der Waals surface area contributed by atoms with Crippen molar-refractivity contribution in [3.63, 3.8) is 0 Å². The molecule has 6 rings (SSSR count). The Labute approximate surface area is 208 Å². The summed E-state index contributed by atoms with van der Waals surface area (Å²) >= 11 is 6.92. The molecule has 1 aliphatic carbocycles. The van der Waals surface area contributed by atoms with Gasteiger partial charge in [-0.2, -0.15) is 9.50 Å². The van der Waals surface area contributed by atoms with Gasteiger partial charge in [-0.3, -0.25) is 4.90 Å². The molecule has 2 aromatic heterocycles. The third-order valence-corrected chi connectivity index (χ3v) is 7.37. The summed E-state index contributed by atoms with van der Waals surface area (Å²) < 4.78 is 1.57. The van der Waals surface area contributed by atoms with Crippen molar-refractivity contribution in [1.82, 2.24) is 24.5 Å². The molecule has 0 amide bonds. The molecule has 0 unspecified atom stereocenters. The first-order valence-corrected chi connectivity index (χ1v) is 12.5. The van der Waals surface area contributed by atoms with Crippen molar-refractivity contribution < 1.29 is 5.11 Å². The Morgan fingerprint density at radius 2 is 2.00 bits per heavy atom. The van der Waals surface area contributed by atoms with Crippen LogP contribution < -0.4 is 27.0 Å². The largest absolute Gasteiger partial charge is 0.399 e. The lowest BCUT2D eigenvalue weighted by atomic mass is 9.91. The molecule has 3 aliphatic rings. The fraction of sp³-hybridized carbons (Fsp3) is 0.522. The van der Waals surface area contributed by atoms with Gasteiger partial charge >= 0.3 is 0 Å². The monoisotopic (exact) mass is 498 g/mol. The molecule has 12 heteroatoms. The number of hydrogen-bond acceptors (Lipinski definition) is 10. The number of aromatic nitrogens is 4. The number of likely N-dealkylation sites (tertiary alicyclic amines) is 1. The van der Waals surface area contributed by atoms with Gasteiger partial charge in [-0.05, 0) is 44.7 Å². The van der Waals surface area contributed by atoms with E-state index in [4.69, 9.17) is 23.1 Å². The summed E-state index contributed by atoms with van der Waals surface area (Å²) in [5.74, 6) is 1.40. The third kappa shape index (κ3) is 4.39. The van der Waals surface area contributed by atoms with Crippen LogP contribution in [0, 0.1) is 0 Å². The highest BCUT2D eigenvalue weighted by Crippen LogP contribution is 2.39. The van der Waals surface area contributed by atoms with Crippen LogP contribution in [0.2, 0.25) is 5.02 Å². The van der Waals surface area contributed by atoms with Gasteiger partial charge in [-0.15, -0.1) is 5.10 Å². The van der Waals surface area contributed by atoms with Crippen LogP contribution in [0.3, 0.4) is 0 Å². The molecule has 3 aromatic rings. The predicted molar refractivity (Wildman–Crippen MR) is 138 cm³/mol. The Hall–Kier alpha value is -3.02. The number of imidazole rings is 1. The van der Waals surface area contributed by atoms with Crippen LogP contribution in [-0.2, 0) is 0 Å². The smallest absolute Gasteiger partial charge is 0.247 e. The second kappa shape index (κ2) is 8.28. The summed E-state index contributed by atoms with van der Waals surface area (Å²) in [6.07, 6.45) is 5.93. The molecule has 1 atom stereocenters. The Morgan fingerprint density at radius 1 is 1.20 bits per heavy atom. The number of nitrogens with two attached hydrogens (primary N) is 2. The minimum Gasteiger partial charge on any atom is -0.399 e. The van der Waals surface area contributed by atoms with Crippen LogP contribution in [0.4, 0.5) is 34.6 Å². The van der Waals surface area contributed by atoms with Crippen molar-refractivity contribution in [3.8, 4) is 0 Å². The highest BCUT2D eigenvalue weighted by atomic mass is 35.5. The van der Waals surface area contributed by atoms with E-state index in [9.17, 15) is 5.11 Å². The molecule has 3 fully saturated rings. The zero-order valence-electron chi connectivity index (χ0n) is 19.7. The number of halogens is 1. The Morgan fingerprint density at radius 3 is 2.74 bits per heavy atom. The number of fused-ring (bicyclic) bond motifs is 1. The fourth-order valence-corrected chi connectivity index (χ4v) is 5.38. The first kappa shape index (κ1) is 22.4. The molecule has 2 aliphatic heterocycles. The van der Waals surface area contributed by atoms with E-state index in [1.807, 2.05) is 13.0 Å². The molecular weight excluding hydrogens is 468 g/mol. The van der Waals surface area contributed by atoms with Gasteiger partial charge in [0.05, 0.1) is 28.2 Å². The molecule has 186 valence electrons. The number of nitrogen functional groups attached to an aromatic ring is 2. The summed E-state index contributed by atoms with van der Waals surface area (Å²) in [5.41, 5.74) is 14.5. The van der Waals surface area contributed by atoms with E-state index in [-0.39, 0.29) is 0 Å². The van der Waals surface area contributed by atoms with Crippen molar-refractivity contribution in [1.29, 1.82) is 0 Å². The van der Waals surface area contributed by atoms with Crippen LogP contribution in [-0.4, -0.2) is 73.5 Å². The predicted octanol–water partition coefficient (Wildman–Crippen LogP) is 2.30. The summed E-state index contributed by atoms with van der Waals surface area (Å²) in [6, 6.07) is 4.48. The first-order chi connectivity index (χ1) is 16.8. The summed E-state index contributed by atoms with van der Waals surface area (Å²) in [6.45, 7) is 5.03. The molecule has 1 aromatic carbocycles. The Bertz CT molecular complexity index is 1260. The number of nitrogens with zero attached hydrogens (tertiary/aromatic N) is 6. The van der Waals surface area contributed by atoms with Gasteiger partial charge in [0.15, 0.2) is 11.5 Å². The molecule has 7 N–H and O–H groups in total. The Kier molecular flexibility index (Phi) is 5.31. The molecule has 0 radical (unpaired) electrons. The normalized spacial score (nSPS) is 22.3. The molecule has 0 bridgehead atoms. The molecule has 4 heterocycles. The van der Waals surface area contributed by atoms with E-state index in [2.05, 4.69) is 35.5 Å². The van der Waals surface area contributed by atoms with Gasteiger partial charge < -0.3 is 32.1 Å². The zero-order chi connectivity index (χ0) is 24.3. The van der Waals surface area contributed by atoms with Gasteiger partial charge in [0, 0.05) is 44.0 Å². The summed E-state index contributed by atoms with van der Waals surface area (Å²) in [7, 11) is 0. The number of rotatable bonds is 6. The topological polar surface area (TPSA) is 146 Å². The van der Waals surface area contributed by atoms with Gasteiger partial charge in [0.25, 0.3) is 0 Å². The van der Waals surface area contributed by atoms with Crippen LogP contribution in [0.15, 0.2) is 18.3 Å². The maximum absolute atomic E-state index is 10.2. The van der Waals surface area contributed by atoms with Gasteiger partial charge in [0.1, 0.15) is 5.82 Å². The van der Waals surface area contributed by atoms with Crippen LogP contribution in [0.25, 0.3) is 5.65 Å². The van der Waals surface area contributed by atoms with Crippen LogP contribution >= 0.6 is 11.6 Å². The summed E-state index contributed by atoms with van der Waals surface area (Å²) in [4.78, 5) is 13.6. The van der Waals surface area contributed by atoms with Gasteiger partial charge in [-0.25, -0.2) is 4.98 Å². The average molecular weight is 499 g/mol. The number of β-amino-alcohol motifs (C(OH)–C–C–N with tert-alkyl or cyclic N) is 1. The maximum atomic E-state index is 10.2. The molecule has 2 saturated heterocycles. The average Bonchev–Trinajstić information content (AvgIpc) is 3.55. The number of benzene rings is 1. The van der Waals surface area contributed by atoms with E-state index in [0.717, 1.165) is 44.5 Å². The zero-order valence-corrected chi connectivity index (χ0v) is 20.5. The second-order valence-electron chi connectivity index (χ2n) is 10.3. The lowest BCUT2D eigenvalue weighted by molar-refractivity contribution is -0.103. The van der Waals surface area contributed by atoms with Crippen LogP contribution in [0.5, 0.6) is 0 Å². The van der Waals surface area contributed by atoms with Crippen molar-refractivity contribution in [2.45, 2.75) is 50.3 Å². The SMILES string of the molecule is CC1(O)CN([C@@H]2CCCN(c3cc(N)cc(Nc4nc(NC5CC5)c5ncc(N)n5n4)c3Cl)C2)C1. The van der Waals surface area contributed by atoms with E-state index in [0.29, 0.717) is 64.8 Å². The molecular formula is C23H31ClN10O. The number of hydrogen-bond donors (Lipinski definition) is 5. The molecule has 0 spiro atoms. The van der Waals surface area contributed by atoms with E-state index < -0.39 is 5.60 Å². The Balaban J connectivity index is 1.28. The number of aliphatic hydroxyl groups is 1. The van der Waals surface area contributed by atoms with Crippen LogP contribution in [0.1, 0.15) is 32.6 Å². The second-order valence-corrected chi connectivity index (χ2v) is 10.7. The third-order valence-electron chi connectivity index (χ3n) is 6.97. The van der Waals surface area contributed by atoms with Crippen molar-refractivity contribution in [2.24, 2.45) is 0 Å². The highest BCUT2D eigenvalue weighted by Gasteiger charge is 2.41. The van der Waals surface area contributed by atoms with Crippen molar-refractivity contribution in [3.05, 3.63) is 23.4 Å².